The Morgan fingerprint density at radius 1 is 0.826 bits per heavy atom. The van der Waals surface area contributed by atoms with E-state index in [0.29, 0.717) is 100 Å². The number of piperidine rings is 1. The predicted octanol–water partition coefficient (Wildman–Crippen LogP) is -0.354. The van der Waals surface area contributed by atoms with Gasteiger partial charge in [0.2, 0.25) is 17.8 Å². The van der Waals surface area contributed by atoms with Crippen molar-refractivity contribution in [3.05, 3.63) is 0 Å². The third-order valence-corrected chi connectivity index (χ3v) is 9.35. The Bertz CT molecular complexity index is 1400. The van der Waals surface area contributed by atoms with E-state index in [1.165, 1.54) is 6.26 Å². The molecule has 17 heteroatoms. The number of aliphatic hydroxyl groups is 1. The second-order valence-electron chi connectivity index (χ2n) is 11.7. The van der Waals surface area contributed by atoms with Gasteiger partial charge in [-0.05, 0) is 19.3 Å². The zero-order valence-corrected chi connectivity index (χ0v) is 28.5. The minimum Gasteiger partial charge on any atom is -0.395 e. The summed E-state index contributed by atoms with van der Waals surface area (Å²) in [7, 11) is 3.61. The SMILES string of the molecule is COCCN(CCOC)c1nc(N2CCC(OC)CC2)c2nc(N(CCO)CCCS(C)(=O)=O)nc(N3CCN(C)C(=O)C3)c2n1. The molecule has 2 aliphatic rings. The highest BCUT2D eigenvalue weighted by Gasteiger charge is 2.30. The van der Waals surface area contributed by atoms with Crippen LogP contribution in [0.1, 0.15) is 19.3 Å². The minimum absolute atomic E-state index is 0.00667. The molecular formula is C29H49N9O7S. The van der Waals surface area contributed by atoms with E-state index in [1.807, 2.05) is 9.80 Å². The number of methoxy groups -OCH3 is 3. The van der Waals surface area contributed by atoms with E-state index >= 15 is 0 Å². The summed E-state index contributed by atoms with van der Waals surface area (Å²) in [4.78, 5) is 42.6. The largest absolute Gasteiger partial charge is 0.395 e. The standard InChI is InChI=1S/C29H49N9O7S/c1-34-12-13-38(21-23(34)40)27-25-24(30-28(33-27)36(14-17-39)9-6-20-46(5,41)42)26(35-10-7-22(45-4)8-11-35)32-29(31-25)37(15-18-43-2)16-19-44-3/h22,39H,6-21H2,1-5H3. The van der Waals surface area contributed by atoms with Gasteiger partial charge in [-0.25, -0.2) is 18.4 Å². The summed E-state index contributed by atoms with van der Waals surface area (Å²) >= 11 is 0. The van der Waals surface area contributed by atoms with Crippen LogP contribution in [0.2, 0.25) is 0 Å². The van der Waals surface area contributed by atoms with Crippen LogP contribution in [-0.2, 0) is 28.8 Å². The van der Waals surface area contributed by atoms with Crippen molar-refractivity contribution in [2.24, 2.45) is 0 Å². The van der Waals surface area contributed by atoms with Gasteiger partial charge in [-0.15, -0.1) is 0 Å². The molecule has 0 unspecified atom stereocenters. The van der Waals surface area contributed by atoms with E-state index in [2.05, 4.69) is 4.90 Å². The lowest BCUT2D eigenvalue weighted by Crippen LogP contribution is -2.49. The van der Waals surface area contributed by atoms with Gasteiger partial charge in [0.1, 0.15) is 20.9 Å². The Kier molecular flexibility index (Phi) is 12.9. The number of aromatic nitrogens is 4. The second-order valence-corrected chi connectivity index (χ2v) is 14.0. The minimum atomic E-state index is -3.18. The zero-order valence-electron chi connectivity index (χ0n) is 27.7. The number of piperazine rings is 1. The molecule has 1 amide bonds. The molecule has 2 saturated heterocycles. The van der Waals surface area contributed by atoms with Crippen LogP contribution in [0.5, 0.6) is 0 Å². The van der Waals surface area contributed by atoms with E-state index in [0.717, 1.165) is 12.8 Å². The highest BCUT2D eigenvalue weighted by Crippen LogP contribution is 2.34. The van der Waals surface area contributed by atoms with Crippen LogP contribution < -0.4 is 19.6 Å². The molecule has 16 nitrogen and oxygen atoms in total. The summed E-state index contributed by atoms with van der Waals surface area (Å²) in [6.45, 7) is 4.85. The van der Waals surface area contributed by atoms with E-state index in [1.54, 1.807) is 38.2 Å². The fourth-order valence-electron chi connectivity index (χ4n) is 5.59. The van der Waals surface area contributed by atoms with Crippen molar-refractivity contribution in [2.45, 2.75) is 25.4 Å². The number of nitrogens with zero attached hydrogens (tertiary/aromatic N) is 9. The number of carbonyl (C=O) groups excluding carboxylic acids is 1. The number of sulfone groups is 1. The molecule has 0 saturated carbocycles. The molecule has 4 rings (SSSR count). The first kappa shape index (κ1) is 35.7. The molecule has 4 heterocycles. The number of carbonyl (C=O) groups is 1. The number of anilines is 4. The number of ether oxygens (including phenoxy) is 3. The van der Waals surface area contributed by atoms with Crippen molar-refractivity contribution in [3.63, 3.8) is 0 Å². The maximum absolute atomic E-state index is 12.9. The van der Waals surface area contributed by atoms with Crippen molar-refractivity contribution in [1.82, 2.24) is 24.8 Å². The second kappa shape index (κ2) is 16.6. The molecule has 0 radical (unpaired) electrons. The van der Waals surface area contributed by atoms with E-state index in [9.17, 15) is 18.3 Å². The van der Waals surface area contributed by atoms with Gasteiger partial charge < -0.3 is 43.8 Å². The lowest BCUT2D eigenvalue weighted by atomic mass is 10.1. The van der Waals surface area contributed by atoms with Crippen molar-refractivity contribution < 1.29 is 32.5 Å². The third kappa shape index (κ3) is 9.24. The monoisotopic (exact) mass is 667 g/mol. The molecule has 2 fully saturated rings. The summed E-state index contributed by atoms with van der Waals surface area (Å²) in [5.41, 5.74) is 1.03. The van der Waals surface area contributed by atoms with E-state index in [4.69, 9.17) is 34.1 Å². The Balaban J connectivity index is 1.92. The summed E-state index contributed by atoms with van der Waals surface area (Å²) < 4.78 is 40.2. The summed E-state index contributed by atoms with van der Waals surface area (Å²) in [6, 6.07) is 0. The number of likely N-dealkylation sites (N-methyl/N-ethyl adjacent to an activating group) is 1. The zero-order chi connectivity index (χ0) is 33.3. The van der Waals surface area contributed by atoms with E-state index < -0.39 is 9.84 Å². The quantitative estimate of drug-likeness (QED) is 0.232. The maximum atomic E-state index is 12.9. The molecule has 0 aliphatic carbocycles. The van der Waals surface area contributed by atoms with Gasteiger partial charge in [-0.2, -0.15) is 9.97 Å². The fraction of sp³-hybridized carbons (Fsp3) is 0.759. The summed E-state index contributed by atoms with van der Waals surface area (Å²) in [6.07, 6.45) is 3.32. The van der Waals surface area contributed by atoms with Crippen LogP contribution in [-0.4, -0.2) is 169 Å². The first-order valence-corrected chi connectivity index (χ1v) is 17.8. The predicted molar refractivity (Wildman–Crippen MR) is 177 cm³/mol. The van der Waals surface area contributed by atoms with Crippen molar-refractivity contribution in [3.8, 4) is 0 Å². The highest BCUT2D eigenvalue weighted by atomic mass is 32.2. The van der Waals surface area contributed by atoms with Crippen LogP contribution in [0, 0.1) is 0 Å². The van der Waals surface area contributed by atoms with Crippen LogP contribution >= 0.6 is 0 Å². The number of fused-ring (bicyclic) bond motifs is 1. The topological polar surface area (TPSA) is 167 Å². The number of aliphatic hydroxyl groups excluding tert-OH is 1. The molecule has 1 N–H and O–H groups in total. The van der Waals surface area contributed by atoms with Crippen LogP contribution in [0.4, 0.5) is 23.5 Å². The number of amides is 1. The average molecular weight is 668 g/mol. The molecule has 258 valence electrons. The van der Waals surface area contributed by atoms with Crippen molar-refractivity contribution in [2.75, 3.05) is 139 Å². The summed E-state index contributed by atoms with van der Waals surface area (Å²) in [5, 5.41) is 9.95. The van der Waals surface area contributed by atoms with Crippen LogP contribution in [0.3, 0.4) is 0 Å². The maximum Gasteiger partial charge on any atom is 0.241 e. The van der Waals surface area contributed by atoms with Gasteiger partial charge >= 0.3 is 0 Å². The van der Waals surface area contributed by atoms with Crippen LogP contribution in [0.15, 0.2) is 0 Å². The average Bonchev–Trinajstić information content (AvgIpc) is 3.04. The first-order valence-electron chi connectivity index (χ1n) is 15.7. The van der Waals surface area contributed by atoms with Gasteiger partial charge in [0.15, 0.2) is 11.6 Å². The number of hydrogen-bond donors (Lipinski definition) is 1. The lowest BCUT2D eigenvalue weighted by molar-refractivity contribution is -0.129. The highest BCUT2D eigenvalue weighted by molar-refractivity contribution is 7.90. The molecule has 0 bridgehead atoms. The molecule has 2 aromatic rings. The molecule has 0 aromatic carbocycles. The number of rotatable bonds is 17. The van der Waals surface area contributed by atoms with Gasteiger partial charge in [0.05, 0.1) is 38.2 Å². The Hall–Kier alpha value is -3.12. The normalized spacial score (nSPS) is 16.5. The molecule has 0 spiro atoms. The Morgan fingerprint density at radius 3 is 1.89 bits per heavy atom. The Labute approximate surface area is 271 Å². The van der Waals surface area contributed by atoms with Gasteiger partial charge in [0, 0.05) is 87.0 Å². The molecule has 2 aromatic heterocycles. The fourth-order valence-corrected chi connectivity index (χ4v) is 6.25. The molecular weight excluding hydrogens is 618 g/mol. The molecule has 46 heavy (non-hydrogen) atoms. The lowest BCUT2D eigenvalue weighted by Gasteiger charge is -2.35. The number of hydrogen-bond acceptors (Lipinski definition) is 15. The van der Waals surface area contributed by atoms with Gasteiger partial charge in [-0.3, -0.25) is 4.79 Å². The molecule has 2 aliphatic heterocycles. The van der Waals surface area contributed by atoms with Crippen molar-refractivity contribution >= 4 is 50.3 Å². The van der Waals surface area contributed by atoms with Gasteiger partial charge in [-0.1, -0.05) is 0 Å². The van der Waals surface area contributed by atoms with Gasteiger partial charge in [0.25, 0.3) is 0 Å². The molecule has 0 atom stereocenters. The Morgan fingerprint density at radius 2 is 1.39 bits per heavy atom. The smallest absolute Gasteiger partial charge is 0.241 e. The van der Waals surface area contributed by atoms with Crippen molar-refractivity contribution in [1.29, 1.82) is 0 Å². The summed E-state index contributed by atoms with van der Waals surface area (Å²) in [5.74, 6) is 1.87. The van der Waals surface area contributed by atoms with Crippen LogP contribution in [0.25, 0.3) is 11.0 Å². The van der Waals surface area contributed by atoms with E-state index in [-0.39, 0.29) is 37.5 Å². The first-order chi connectivity index (χ1) is 22.1. The third-order valence-electron chi connectivity index (χ3n) is 8.32.